The molecule has 0 saturated carbocycles. The molecule has 2 N–H and O–H groups in total. The van der Waals surface area contributed by atoms with E-state index in [9.17, 15) is 4.79 Å². The first-order valence-electron chi connectivity index (χ1n) is 6.15. The third kappa shape index (κ3) is 2.12. The molecule has 3 nitrogen and oxygen atoms in total. The number of carbonyl (C=O) groups excluding carboxylic acids is 1. The molecule has 0 aliphatic heterocycles. The maximum atomic E-state index is 12.4. The van der Waals surface area contributed by atoms with Gasteiger partial charge in [0.2, 0.25) is 5.78 Å². The Morgan fingerprint density at radius 3 is 2.70 bits per heavy atom. The van der Waals surface area contributed by atoms with Crippen molar-refractivity contribution in [1.29, 1.82) is 0 Å². The van der Waals surface area contributed by atoms with Crippen molar-refractivity contribution in [3.8, 4) is 0 Å². The summed E-state index contributed by atoms with van der Waals surface area (Å²) in [5.41, 5.74) is 8.64. The largest absolute Gasteiger partial charge is 0.452 e. The molecule has 3 rings (SSSR count). The fourth-order valence-corrected chi connectivity index (χ4v) is 2.51. The highest BCUT2D eigenvalue weighted by molar-refractivity contribution is 9.10. The van der Waals surface area contributed by atoms with E-state index in [0.717, 1.165) is 16.5 Å². The smallest absolute Gasteiger partial charge is 0.228 e. The van der Waals surface area contributed by atoms with Crippen LogP contribution in [0.4, 0.5) is 5.69 Å². The van der Waals surface area contributed by atoms with E-state index in [0.29, 0.717) is 21.5 Å². The zero-order valence-corrected chi connectivity index (χ0v) is 12.4. The number of hydrogen-bond acceptors (Lipinski definition) is 3. The van der Waals surface area contributed by atoms with Gasteiger partial charge in [-0.1, -0.05) is 18.2 Å². The molecule has 0 bridgehead atoms. The van der Waals surface area contributed by atoms with Crippen LogP contribution in [0.3, 0.4) is 0 Å². The summed E-state index contributed by atoms with van der Waals surface area (Å²) < 4.78 is 6.39. The van der Waals surface area contributed by atoms with Crippen LogP contribution in [-0.2, 0) is 0 Å². The van der Waals surface area contributed by atoms with E-state index in [2.05, 4.69) is 15.9 Å². The van der Waals surface area contributed by atoms with Gasteiger partial charge in [-0.25, -0.2) is 0 Å². The minimum Gasteiger partial charge on any atom is -0.452 e. The third-order valence-electron chi connectivity index (χ3n) is 3.23. The van der Waals surface area contributed by atoms with Crippen LogP contribution in [0.2, 0.25) is 0 Å². The summed E-state index contributed by atoms with van der Waals surface area (Å²) in [4.78, 5) is 12.4. The van der Waals surface area contributed by atoms with Crippen LogP contribution in [0, 0.1) is 6.92 Å². The number of benzene rings is 2. The number of anilines is 1. The molecule has 20 heavy (non-hydrogen) atoms. The lowest BCUT2D eigenvalue weighted by molar-refractivity contribution is 0.101. The number of nitrogen functional groups attached to an aromatic ring is 1. The van der Waals surface area contributed by atoms with Gasteiger partial charge in [0.05, 0.1) is 0 Å². The highest BCUT2D eigenvalue weighted by Gasteiger charge is 2.16. The lowest BCUT2D eigenvalue weighted by Crippen LogP contribution is -2.00. The summed E-state index contributed by atoms with van der Waals surface area (Å²) in [7, 11) is 0. The van der Waals surface area contributed by atoms with Gasteiger partial charge in [-0.15, -0.1) is 0 Å². The SMILES string of the molecule is Cc1cccc2cc(C(=O)c3ccc(N)c(Br)c3)oc12. The number of aryl methyl sites for hydroxylation is 1. The summed E-state index contributed by atoms with van der Waals surface area (Å²) in [5.74, 6) is 0.187. The van der Waals surface area contributed by atoms with Gasteiger partial charge < -0.3 is 10.2 Å². The quantitative estimate of drug-likeness (QED) is 0.562. The number of carbonyl (C=O) groups is 1. The number of ketones is 1. The van der Waals surface area contributed by atoms with Gasteiger partial charge in [0.1, 0.15) is 5.58 Å². The van der Waals surface area contributed by atoms with Gasteiger partial charge in [-0.3, -0.25) is 4.79 Å². The topological polar surface area (TPSA) is 56.2 Å². The van der Waals surface area contributed by atoms with Crippen molar-refractivity contribution in [2.24, 2.45) is 0 Å². The predicted molar refractivity (Wildman–Crippen MR) is 82.9 cm³/mol. The molecular weight excluding hydrogens is 318 g/mol. The molecule has 0 aliphatic carbocycles. The first-order valence-corrected chi connectivity index (χ1v) is 6.94. The minimum absolute atomic E-state index is 0.152. The lowest BCUT2D eigenvalue weighted by atomic mass is 10.1. The van der Waals surface area contributed by atoms with Gasteiger partial charge in [0.25, 0.3) is 0 Å². The maximum absolute atomic E-state index is 12.4. The summed E-state index contributed by atoms with van der Waals surface area (Å²) >= 11 is 3.33. The Balaban J connectivity index is 2.08. The molecule has 0 unspecified atom stereocenters. The molecule has 0 radical (unpaired) electrons. The lowest BCUT2D eigenvalue weighted by Gasteiger charge is -2.01. The Morgan fingerprint density at radius 1 is 1.20 bits per heavy atom. The van der Waals surface area contributed by atoms with Crippen molar-refractivity contribution < 1.29 is 9.21 Å². The van der Waals surface area contributed by atoms with E-state index in [4.69, 9.17) is 10.2 Å². The van der Waals surface area contributed by atoms with Crippen molar-refractivity contribution in [3.63, 3.8) is 0 Å². The molecule has 2 aromatic carbocycles. The molecule has 0 saturated heterocycles. The van der Waals surface area contributed by atoms with E-state index >= 15 is 0 Å². The monoisotopic (exact) mass is 329 g/mol. The predicted octanol–water partition coefficient (Wildman–Crippen LogP) is 4.32. The van der Waals surface area contributed by atoms with E-state index in [-0.39, 0.29) is 5.78 Å². The van der Waals surface area contributed by atoms with Crippen LogP contribution in [-0.4, -0.2) is 5.78 Å². The number of fused-ring (bicyclic) bond motifs is 1. The van der Waals surface area contributed by atoms with Crippen LogP contribution in [0.15, 0.2) is 51.4 Å². The van der Waals surface area contributed by atoms with Gasteiger partial charge in [-0.2, -0.15) is 0 Å². The van der Waals surface area contributed by atoms with E-state index in [1.165, 1.54) is 0 Å². The summed E-state index contributed by atoms with van der Waals surface area (Å²) in [6.45, 7) is 1.96. The Hall–Kier alpha value is -2.07. The number of furan rings is 1. The normalized spacial score (nSPS) is 10.9. The van der Waals surface area contributed by atoms with Crippen LogP contribution in [0.5, 0.6) is 0 Å². The molecule has 3 aromatic rings. The molecule has 0 atom stereocenters. The molecule has 0 amide bonds. The van der Waals surface area contributed by atoms with Crippen molar-refractivity contribution in [1.82, 2.24) is 0 Å². The maximum Gasteiger partial charge on any atom is 0.228 e. The van der Waals surface area contributed by atoms with Crippen molar-refractivity contribution >= 4 is 38.4 Å². The molecule has 100 valence electrons. The Labute approximate surface area is 124 Å². The number of rotatable bonds is 2. The number of hydrogen-bond donors (Lipinski definition) is 1. The zero-order valence-electron chi connectivity index (χ0n) is 10.8. The number of para-hydroxylation sites is 1. The average Bonchev–Trinajstić information content (AvgIpc) is 2.86. The van der Waals surface area contributed by atoms with Gasteiger partial charge >= 0.3 is 0 Å². The molecule has 0 spiro atoms. The van der Waals surface area contributed by atoms with E-state index in [1.807, 2.05) is 25.1 Å². The fourth-order valence-electron chi connectivity index (χ4n) is 2.13. The van der Waals surface area contributed by atoms with E-state index in [1.54, 1.807) is 24.3 Å². The van der Waals surface area contributed by atoms with Crippen LogP contribution in [0.25, 0.3) is 11.0 Å². The van der Waals surface area contributed by atoms with E-state index < -0.39 is 0 Å². The summed E-state index contributed by atoms with van der Waals surface area (Å²) in [5, 5.41) is 0.933. The number of halogens is 1. The molecule has 1 aromatic heterocycles. The second-order valence-electron chi connectivity index (χ2n) is 4.67. The van der Waals surface area contributed by atoms with Gasteiger partial charge in [0.15, 0.2) is 5.76 Å². The minimum atomic E-state index is -0.152. The van der Waals surface area contributed by atoms with Crippen LogP contribution >= 0.6 is 15.9 Å². The summed E-state index contributed by atoms with van der Waals surface area (Å²) in [6, 6.07) is 12.7. The molecule has 0 fully saturated rings. The Morgan fingerprint density at radius 2 is 2.00 bits per heavy atom. The van der Waals surface area contributed by atoms with Crippen molar-refractivity contribution in [2.45, 2.75) is 6.92 Å². The Bertz CT molecular complexity index is 820. The average molecular weight is 330 g/mol. The first kappa shape index (κ1) is 12.9. The third-order valence-corrected chi connectivity index (χ3v) is 3.91. The van der Waals surface area contributed by atoms with Crippen molar-refractivity contribution in [2.75, 3.05) is 5.73 Å². The molecule has 0 aliphatic rings. The van der Waals surface area contributed by atoms with Gasteiger partial charge in [-0.05, 0) is 52.7 Å². The van der Waals surface area contributed by atoms with Gasteiger partial charge in [0, 0.05) is 21.1 Å². The second-order valence-corrected chi connectivity index (χ2v) is 5.52. The summed E-state index contributed by atoms with van der Waals surface area (Å²) in [6.07, 6.45) is 0. The zero-order chi connectivity index (χ0) is 14.3. The standard InChI is InChI=1S/C16H12BrNO2/c1-9-3-2-4-11-8-14(20-16(9)11)15(19)10-5-6-13(18)12(17)7-10/h2-8H,18H2,1H3. The van der Waals surface area contributed by atoms with Crippen LogP contribution in [0.1, 0.15) is 21.7 Å². The molecule has 1 heterocycles. The van der Waals surface area contributed by atoms with Crippen molar-refractivity contribution in [3.05, 3.63) is 63.8 Å². The first-order chi connectivity index (χ1) is 9.56. The van der Waals surface area contributed by atoms with Crippen LogP contribution < -0.4 is 5.73 Å². The molecular formula is C16H12BrNO2. The fraction of sp³-hybridized carbons (Fsp3) is 0.0625. The number of nitrogens with two attached hydrogens (primary N) is 1. The molecule has 4 heteroatoms. The second kappa shape index (κ2) is 4.80. The highest BCUT2D eigenvalue weighted by atomic mass is 79.9. The highest BCUT2D eigenvalue weighted by Crippen LogP contribution is 2.26. The Kier molecular flexibility index (Phi) is 3.10.